The van der Waals surface area contributed by atoms with Crippen molar-refractivity contribution in [1.29, 1.82) is 0 Å². The van der Waals surface area contributed by atoms with Crippen LogP contribution in [0.4, 0.5) is 30.4 Å². The smallest absolute Gasteiger partial charge is 0.261 e. The van der Waals surface area contributed by atoms with Crippen molar-refractivity contribution >= 4 is 40.0 Å². The van der Waals surface area contributed by atoms with Gasteiger partial charge in [0.1, 0.15) is 16.9 Å². The molecule has 1 saturated heterocycles. The van der Waals surface area contributed by atoms with Crippen molar-refractivity contribution in [1.82, 2.24) is 24.8 Å². The fourth-order valence-electron chi connectivity index (χ4n) is 8.79. The largest absolute Gasteiger partial charge is 0.341 e. The molecule has 280 valence electrons. The third-order valence-electron chi connectivity index (χ3n) is 12.3. The molecule has 2 N–H and O–H groups in total. The Labute approximate surface area is 308 Å². The molecule has 8 rings (SSSR count). The van der Waals surface area contributed by atoms with Crippen LogP contribution in [-0.2, 0) is 10.2 Å². The van der Waals surface area contributed by atoms with Gasteiger partial charge in [0, 0.05) is 34.4 Å². The lowest BCUT2D eigenvalue weighted by Gasteiger charge is -2.55. The van der Waals surface area contributed by atoms with Crippen LogP contribution in [0, 0.1) is 12.7 Å². The molecule has 0 atom stereocenters. The Bertz CT molecular complexity index is 2130. The highest BCUT2D eigenvalue weighted by Gasteiger charge is 2.54. The lowest BCUT2D eigenvalue weighted by atomic mass is 9.71. The van der Waals surface area contributed by atoms with Gasteiger partial charge in [-0.05, 0) is 129 Å². The molecule has 2 aromatic heterocycles. The number of piperidine rings is 1. The number of hydrogen-bond donors (Lipinski definition) is 2. The molecule has 2 amide bonds. The van der Waals surface area contributed by atoms with E-state index >= 15 is 4.39 Å². The number of halogens is 3. The molecule has 0 bridgehead atoms. The lowest BCUT2D eigenvalue weighted by molar-refractivity contribution is -0.123. The first-order chi connectivity index (χ1) is 25.1. The molecule has 53 heavy (non-hydrogen) atoms. The van der Waals surface area contributed by atoms with Crippen LogP contribution < -0.4 is 15.5 Å². The third kappa shape index (κ3) is 5.88. The maximum atomic E-state index is 15.7. The molecule has 2 saturated carbocycles. The number of fused-ring (bicyclic) bond motifs is 2. The number of alkyl halides is 2. The SMILES string of the molecule is Cc1cc(F)c(Nc2nc(-c3ccc4c(c3)N([C@H]3C[C@@](C)(N5CCCCC5)C3)C(=O)C4(C)C)cc3ncn(C(C)C)c23)cc1C(=O)NC1(C(F)F)CC1. The van der Waals surface area contributed by atoms with Crippen LogP contribution in [0.2, 0.25) is 0 Å². The maximum Gasteiger partial charge on any atom is 0.261 e. The molecule has 9 nitrogen and oxygen atoms in total. The monoisotopic (exact) mass is 727 g/mol. The molecule has 3 fully saturated rings. The molecule has 0 radical (unpaired) electrons. The van der Waals surface area contributed by atoms with Crippen LogP contribution in [0.5, 0.6) is 0 Å². The second-order valence-electron chi connectivity index (χ2n) is 16.8. The third-order valence-corrected chi connectivity index (χ3v) is 12.3. The number of amides is 2. The number of anilines is 3. The van der Waals surface area contributed by atoms with Crippen LogP contribution in [-0.4, -0.2) is 67.9 Å². The fourth-order valence-corrected chi connectivity index (χ4v) is 8.79. The van der Waals surface area contributed by atoms with Crippen molar-refractivity contribution in [3.63, 3.8) is 0 Å². The number of carbonyl (C=O) groups excluding carboxylic acids is 2. The Morgan fingerprint density at radius 3 is 2.38 bits per heavy atom. The second-order valence-corrected chi connectivity index (χ2v) is 16.8. The summed E-state index contributed by atoms with van der Waals surface area (Å²) in [5, 5.41) is 5.63. The zero-order valence-electron chi connectivity index (χ0n) is 31.3. The van der Waals surface area contributed by atoms with Gasteiger partial charge >= 0.3 is 0 Å². The topological polar surface area (TPSA) is 95.4 Å². The van der Waals surface area contributed by atoms with Gasteiger partial charge in [-0.2, -0.15) is 0 Å². The van der Waals surface area contributed by atoms with E-state index in [0.29, 0.717) is 28.1 Å². The van der Waals surface area contributed by atoms with Crippen LogP contribution in [0.1, 0.15) is 107 Å². The predicted molar refractivity (Wildman–Crippen MR) is 201 cm³/mol. The Kier molecular flexibility index (Phi) is 8.43. The first-order valence-electron chi connectivity index (χ1n) is 18.9. The average Bonchev–Trinajstić information content (AvgIpc) is 3.71. The molecule has 4 aromatic rings. The highest BCUT2D eigenvalue weighted by Crippen LogP contribution is 2.51. The van der Waals surface area contributed by atoms with Crippen molar-refractivity contribution in [2.45, 2.75) is 121 Å². The van der Waals surface area contributed by atoms with Crippen LogP contribution in [0.3, 0.4) is 0 Å². The van der Waals surface area contributed by atoms with Gasteiger partial charge in [0.05, 0.1) is 28.6 Å². The van der Waals surface area contributed by atoms with E-state index in [1.165, 1.54) is 31.4 Å². The van der Waals surface area contributed by atoms with E-state index in [1.54, 1.807) is 13.3 Å². The summed E-state index contributed by atoms with van der Waals surface area (Å²) in [5.41, 5.74) is 2.82. The number of rotatable bonds is 9. The van der Waals surface area contributed by atoms with E-state index in [4.69, 9.17) is 9.97 Å². The molecule has 0 spiro atoms. The van der Waals surface area contributed by atoms with Crippen LogP contribution >= 0.6 is 0 Å². The predicted octanol–water partition coefficient (Wildman–Crippen LogP) is 8.43. The minimum absolute atomic E-state index is 0.00127. The van der Waals surface area contributed by atoms with Gasteiger partial charge in [-0.15, -0.1) is 0 Å². The number of pyridine rings is 1. The second kappa shape index (κ2) is 12.6. The van der Waals surface area contributed by atoms with Crippen molar-refractivity contribution in [3.05, 3.63) is 65.2 Å². The molecule has 0 unspecified atom stereocenters. The summed E-state index contributed by atoms with van der Waals surface area (Å²) in [4.78, 5) is 41.6. The summed E-state index contributed by atoms with van der Waals surface area (Å²) >= 11 is 0. The van der Waals surface area contributed by atoms with Crippen LogP contribution in [0.25, 0.3) is 22.3 Å². The van der Waals surface area contributed by atoms with Gasteiger partial charge in [0.2, 0.25) is 5.91 Å². The number of likely N-dealkylation sites (tertiary alicyclic amines) is 1. The van der Waals surface area contributed by atoms with E-state index < -0.39 is 29.1 Å². The summed E-state index contributed by atoms with van der Waals surface area (Å²) < 4.78 is 44.9. The average molecular weight is 728 g/mol. The highest BCUT2D eigenvalue weighted by atomic mass is 19.3. The minimum Gasteiger partial charge on any atom is -0.341 e. The van der Waals surface area contributed by atoms with Gasteiger partial charge in [-0.3, -0.25) is 14.5 Å². The van der Waals surface area contributed by atoms with E-state index in [1.807, 2.05) is 61.4 Å². The highest BCUT2D eigenvalue weighted by molar-refractivity contribution is 6.09. The van der Waals surface area contributed by atoms with E-state index in [9.17, 15) is 18.4 Å². The van der Waals surface area contributed by atoms with Crippen molar-refractivity contribution in [2.24, 2.45) is 0 Å². The first-order valence-corrected chi connectivity index (χ1v) is 18.9. The number of hydrogen-bond acceptors (Lipinski definition) is 6. The molecule has 2 aliphatic carbocycles. The zero-order valence-corrected chi connectivity index (χ0v) is 31.3. The molecule has 2 aromatic carbocycles. The van der Waals surface area contributed by atoms with Gasteiger partial charge in [0.15, 0.2) is 5.82 Å². The van der Waals surface area contributed by atoms with Crippen molar-refractivity contribution in [2.75, 3.05) is 23.3 Å². The summed E-state index contributed by atoms with van der Waals surface area (Å²) in [6.07, 6.45) is 5.00. The van der Waals surface area contributed by atoms with Crippen LogP contribution in [0.15, 0.2) is 42.7 Å². The minimum atomic E-state index is -2.69. The van der Waals surface area contributed by atoms with Gasteiger partial charge in [-0.25, -0.2) is 23.1 Å². The Morgan fingerprint density at radius 1 is 1.00 bits per heavy atom. The molecular weight excluding hydrogens is 679 g/mol. The van der Waals surface area contributed by atoms with Crippen molar-refractivity contribution < 1.29 is 22.8 Å². The fraction of sp³-hybridized carbons (Fsp3) is 0.512. The maximum absolute atomic E-state index is 15.7. The molecule has 2 aliphatic heterocycles. The first kappa shape index (κ1) is 35.6. The van der Waals surface area contributed by atoms with E-state index in [0.717, 1.165) is 42.7 Å². The molecule has 4 aliphatic rings. The molecule has 12 heteroatoms. The van der Waals surface area contributed by atoms with E-state index in [2.05, 4.69) is 22.5 Å². The Balaban J connectivity index is 1.16. The summed E-state index contributed by atoms with van der Waals surface area (Å²) in [5.74, 6) is -0.858. The van der Waals surface area contributed by atoms with Gasteiger partial charge < -0.3 is 20.1 Å². The zero-order chi connectivity index (χ0) is 37.6. The van der Waals surface area contributed by atoms with Gasteiger partial charge in [0.25, 0.3) is 12.3 Å². The summed E-state index contributed by atoms with van der Waals surface area (Å²) in [6.45, 7) is 14.1. The summed E-state index contributed by atoms with van der Waals surface area (Å²) in [7, 11) is 0. The standard InChI is InChI=1S/C41H48F3N7O2/c1-23(2)50-22-45-32-19-30(46-35(34(32)50)47-31-18-27(24(3)16-29(31)42)36(52)48-41(12-13-41)37(43)44)25-10-11-28-33(17-25)51(38(53)39(28,4)5)26-20-40(6,21-26)49-14-8-7-9-15-49/h10-11,16-19,22-23,26,37H,7-9,12-15,20-21H2,1-6H3,(H,46,47)(H,48,52)/t26-,40+. The number of imidazole rings is 1. The quantitative estimate of drug-likeness (QED) is 0.180. The normalized spacial score (nSPS) is 23.4. The molecular formula is C41H48F3N7O2. The number of nitrogens with zero attached hydrogens (tertiary/aromatic N) is 5. The number of benzene rings is 2. The number of nitrogens with one attached hydrogen (secondary N) is 2. The van der Waals surface area contributed by atoms with E-state index in [-0.39, 0.29) is 47.6 Å². The van der Waals surface area contributed by atoms with Gasteiger partial charge in [-0.1, -0.05) is 18.6 Å². The van der Waals surface area contributed by atoms with Crippen molar-refractivity contribution in [3.8, 4) is 11.3 Å². The molecule has 4 heterocycles. The summed E-state index contributed by atoms with van der Waals surface area (Å²) in [6, 6.07) is 10.6. The number of aryl methyl sites for hydroxylation is 1. The number of carbonyl (C=O) groups is 2. The Hall–Kier alpha value is -4.45. The number of aromatic nitrogens is 3. The Morgan fingerprint density at radius 2 is 1.72 bits per heavy atom. The lowest BCUT2D eigenvalue weighted by Crippen LogP contribution is -2.64.